The van der Waals surface area contributed by atoms with Crippen molar-refractivity contribution in [1.29, 1.82) is 0 Å². The van der Waals surface area contributed by atoms with Crippen LogP contribution in [-0.2, 0) is 30.8 Å². The predicted octanol–water partition coefficient (Wildman–Crippen LogP) is 1.77. The number of imidazole rings is 1. The van der Waals surface area contributed by atoms with E-state index in [-0.39, 0.29) is 0 Å². The van der Waals surface area contributed by atoms with Gasteiger partial charge in [-0.3, -0.25) is 9.80 Å². The number of rotatable bonds is 5. The molecule has 0 amide bonds. The van der Waals surface area contributed by atoms with Crippen LogP contribution in [0.25, 0.3) is 0 Å². The first-order valence-corrected chi connectivity index (χ1v) is 8.98. The number of ether oxygens (including phenoxy) is 1. The van der Waals surface area contributed by atoms with Crippen LogP contribution in [0.4, 0.5) is 0 Å². The van der Waals surface area contributed by atoms with Crippen molar-refractivity contribution in [2.75, 3.05) is 39.4 Å². The highest BCUT2D eigenvalue weighted by Crippen LogP contribution is 2.15. The average molecular weight is 326 g/mol. The van der Waals surface area contributed by atoms with Crippen molar-refractivity contribution < 1.29 is 4.74 Å². The van der Waals surface area contributed by atoms with Crippen molar-refractivity contribution in [2.24, 2.45) is 0 Å². The van der Waals surface area contributed by atoms with E-state index in [4.69, 9.17) is 9.72 Å². The SMILES string of the molecule is c1ccc(CCN2CCn3cc(CN4CCOCC4)nc3C2)cc1. The fourth-order valence-corrected chi connectivity index (χ4v) is 3.55. The molecule has 2 aliphatic heterocycles. The van der Waals surface area contributed by atoms with E-state index in [1.54, 1.807) is 0 Å². The Kier molecular flexibility index (Phi) is 4.92. The van der Waals surface area contributed by atoms with Gasteiger partial charge in [-0.1, -0.05) is 30.3 Å². The first kappa shape index (κ1) is 15.8. The molecule has 1 aromatic heterocycles. The number of fused-ring (bicyclic) bond motifs is 1. The summed E-state index contributed by atoms with van der Waals surface area (Å²) in [6, 6.07) is 10.8. The molecular formula is C19H26N4O. The highest BCUT2D eigenvalue weighted by molar-refractivity contribution is 5.15. The molecule has 0 saturated carbocycles. The molecule has 0 N–H and O–H groups in total. The summed E-state index contributed by atoms with van der Waals surface area (Å²) in [6.45, 7) is 8.94. The minimum atomic E-state index is 0.848. The van der Waals surface area contributed by atoms with Crippen LogP contribution in [-0.4, -0.2) is 58.7 Å². The molecule has 2 aromatic rings. The summed E-state index contributed by atoms with van der Waals surface area (Å²) in [5, 5.41) is 0. The van der Waals surface area contributed by atoms with E-state index in [1.807, 2.05) is 0 Å². The summed E-state index contributed by atoms with van der Waals surface area (Å²) in [4.78, 5) is 9.85. The van der Waals surface area contributed by atoms with Crippen molar-refractivity contribution in [3.63, 3.8) is 0 Å². The molecule has 0 aliphatic carbocycles. The number of hydrogen-bond acceptors (Lipinski definition) is 4. The van der Waals surface area contributed by atoms with Crippen LogP contribution in [0.2, 0.25) is 0 Å². The van der Waals surface area contributed by atoms with E-state index in [1.165, 1.54) is 17.1 Å². The maximum Gasteiger partial charge on any atom is 0.123 e. The van der Waals surface area contributed by atoms with Gasteiger partial charge in [0.15, 0.2) is 0 Å². The van der Waals surface area contributed by atoms with Gasteiger partial charge in [-0.05, 0) is 12.0 Å². The zero-order valence-corrected chi connectivity index (χ0v) is 14.2. The fourth-order valence-electron chi connectivity index (χ4n) is 3.55. The quantitative estimate of drug-likeness (QED) is 0.839. The first-order chi connectivity index (χ1) is 11.9. The molecule has 24 heavy (non-hydrogen) atoms. The van der Waals surface area contributed by atoms with E-state index in [0.29, 0.717) is 0 Å². The third kappa shape index (κ3) is 3.86. The highest BCUT2D eigenvalue weighted by Gasteiger charge is 2.19. The zero-order chi connectivity index (χ0) is 16.2. The molecule has 1 aromatic carbocycles. The second-order valence-corrected chi connectivity index (χ2v) is 6.74. The minimum Gasteiger partial charge on any atom is -0.379 e. The molecule has 0 radical (unpaired) electrons. The van der Waals surface area contributed by atoms with Gasteiger partial charge in [0.25, 0.3) is 0 Å². The molecule has 0 bridgehead atoms. The average Bonchev–Trinajstić information content (AvgIpc) is 3.03. The van der Waals surface area contributed by atoms with Crippen LogP contribution >= 0.6 is 0 Å². The Morgan fingerprint density at radius 2 is 1.79 bits per heavy atom. The van der Waals surface area contributed by atoms with Crippen molar-refractivity contribution in [3.8, 4) is 0 Å². The Balaban J connectivity index is 1.33. The standard InChI is InChI=1S/C19H26N4O/c1-2-4-17(5-3-1)6-7-21-8-9-23-15-18(20-19(23)16-21)14-22-10-12-24-13-11-22/h1-5,15H,6-14,16H2. The maximum atomic E-state index is 5.42. The van der Waals surface area contributed by atoms with E-state index >= 15 is 0 Å². The summed E-state index contributed by atoms with van der Waals surface area (Å²) < 4.78 is 7.76. The number of aromatic nitrogens is 2. The van der Waals surface area contributed by atoms with Gasteiger partial charge in [-0.2, -0.15) is 0 Å². The van der Waals surface area contributed by atoms with E-state index < -0.39 is 0 Å². The Labute approximate surface area is 143 Å². The van der Waals surface area contributed by atoms with Gasteiger partial charge in [0.05, 0.1) is 25.5 Å². The molecule has 128 valence electrons. The molecule has 1 saturated heterocycles. The lowest BCUT2D eigenvalue weighted by Gasteiger charge is -2.27. The third-order valence-electron chi connectivity index (χ3n) is 4.98. The number of nitrogens with zero attached hydrogens (tertiary/aromatic N) is 4. The van der Waals surface area contributed by atoms with Crippen molar-refractivity contribution >= 4 is 0 Å². The molecule has 0 unspecified atom stereocenters. The Hall–Kier alpha value is -1.69. The number of benzene rings is 1. The second kappa shape index (κ2) is 7.47. The molecule has 0 spiro atoms. The largest absolute Gasteiger partial charge is 0.379 e. The van der Waals surface area contributed by atoms with Crippen LogP contribution in [0.15, 0.2) is 36.5 Å². The lowest BCUT2D eigenvalue weighted by molar-refractivity contribution is 0.0337. The van der Waals surface area contributed by atoms with Crippen LogP contribution in [0.3, 0.4) is 0 Å². The second-order valence-electron chi connectivity index (χ2n) is 6.74. The highest BCUT2D eigenvalue weighted by atomic mass is 16.5. The van der Waals surface area contributed by atoms with Crippen molar-refractivity contribution in [3.05, 3.63) is 53.6 Å². The Bertz CT molecular complexity index is 649. The van der Waals surface area contributed by atoms with Crippen molar-refractivity contribution in [1.82, 2.24) is 19.4 Å². The molecule has 5 nitrogen and oxygen atoms in total. The monoisotopic (exact) mass is 326 g/mol. The van der Waals surface area contributed by atoms with Crippen LogP contribution in [0.5, 0.6) is 0 Å². The van der Waals surface area contributed by atoms with Gasteiger partial charge in [0, 0.05) is 45.5 Å². The van der Waals surface area contributed by atoms with E-state index in [2.05, 4.69) is 50.9 Å². The zero-order valence-electron chi connectivity index (χ0n) is 14.2. The number of morpholine rings is 1. The number of hydrogen-bond donors (Lipinski definition) is 0. The molecule has 3 heterocycles. The third-order valence-corrected chi connectivity index (χ3v) is 4.98. The molecule has 2 aliphatic rings. The minimum absolute atomic E-state index is 0.848. The predicted molar refractivity (Wildman–Crippen MR) is 93.7 cm³/mol. The molecule has 1 fully saturated rings. The van der Waals surface area contributed by atoms with Gasteiger partial charge in [-0.15, -0.1) is 0 Å². The fraction of sp³-hybridized carbons (Fsp3) is 0.526. The molecule has 5 heteroatoms. The van der Waals surface area contributed by atoms with Gasteiger partial charge in [0.2, 0.25) is 0 Å². The maximum absolute atomic E-state index is 5.42. The smallest absolute Gasteiger partial charge is 0.123 e. The summed E-state index contributed by atoms with van der Waals surface area (Å²) in [5.74, 6) is 1.22. The summed E-state index contributed by atoms with van der Waals surface area (Å²) in [7, 11) is 0. The summed E-state index contributed by atoms with van der Waals surface area (Å²) in [6.07, 6.45) is 3.36. The van der Waals surface area contributed by atoms with Crippen LogP contribution < -0.4 is 0 Å². The Morgan fingerprint density at radius 1 is 0.958 bits per heavy atom. The Morgan fingerprint density at radius 3 is 2.62 bits per heavy atom. The van der Waals surface area contributed by atoms with Gasteiger partial charge >= 0.3 is 0 Å². The van der Waals surface area contributed by atoms with Gasteiger partial charge in [-0.25, -0.2) is 4.98 Å². The van der Waals surface area contributed by atoms with Gasteiger partial charge < -0.3 is 9.30 Å². The van der Waals surface area contributed by atoms with Gasteiger partial charge in [0.1, 0.15) is 5.82 Å². The molecule has 0 atom stereocenters. The normalized spacial score (nSPS) is 19.3. The lowest BCUT2D eigenvalue weighted by Crippen LogP contribution is -2.35. The summed E-state index contributed by atoms with van der Waals surface area (Å²) >= 11 is 0. The van der Waals surface area contributed by atoms with Crippen molar-refractivity contribution in [2.45, 2.75) is 26.1 Å². The first-order valence-electron chi connectivity index (χ1n) is 8.98. The van der Waals surface area contributed by atoms with Crippen LogP contribution in [0, 0.1) is 0 Å². The molecular weight excluding hydrogens is 300 g/mol. The molecule has 4 rings (SSSR count). The van der Waals surface area contributed by atoms with E-state index in [9.17, 15) is 0 Å². The lowest BCUT2D eigenvalue weighted by atomic mass is 10.1. The van der Waals surface area contributed by atoms with Crippen LogP contribution in [0.1, 0.15) is 17.1 Å². The van der Waals surface area contributed by atoms with E-state index in [0.717, 1.165) is 65.4 Å². The topological polar surface area (TPSA) is 33.5 Å². The summed E-state index contributed by atoms with van der Waals surface area (Å²) in [5.41, 5.74) is 2.62.